The van der Waals surface area contributed by atoms with E-state index in [0.29, 0.717) is 0 Å². The summed E-state index contributed by atoms with van der Waals surface area (Å²) in [6.07, 6.45) is 14.0. The largest absolute Gasteiger partial charge is 0.337 e. The van der Waals surface area contributed by atoms with Gasteiger partial charge in [0.1, 0.15) is 0 Å². The normalized spacial score (nSPS) is 24.4. The zero-order valence-electron chi connectivity index (χ0n) is 12.0. The van der Waals surface area contributed by atoms with Crippen LogP contribution in [0.4, 0.5) is 0 Å². The van der Waals surface area contributed by atoms with E-state index >= 15 is 0 Å². The lowest BCUT2D eigenvalue weighted by atomic mass is 9.69. The van der Waals surface area contributed by atoms with Gasteiger partial charge in [-0.2, -0.15) is 0 Å². The molecule has 0 bridgehead atoms. The Balaban J connectivity index is 1.52. The zero-order valence-corrected chi connectivity index (χ0v) is 12.0. The van der Waals surface area contributed by atoms with Crippen LogP contribution < -0.4 is 0 Å². The van der Waals surface area contributed by atoms with Crippen LogP contribution in [0.1, 0.15) is 48.3 Å². The van der Waals surface area contributed by atoms with Crippen molar-refractivity contribution in [3.8, 4) is 0 Å². The van der Waals surface area contributed by atoms with Gasteiger partial charge in [0.15, 0.2) is 0 Å². The van der Waals surface area contributed by atoms with Gasteiger partial charge in [0, 0.05) is 18.9 Å². The first-order valence-corrected chi connectivity index (χ1v) is 7.96. The third-order valence-corrected chi connectivity index (χ3v) is 5.17. The lowest BCUT2D eigenvalue weighted by Gasteiger charge is -2.36. The van der Waals surface area contributed by atoms with Gasteiger partial charge in [-0.25, -0.2) is 4.98 Å². The maximum absolute atomic E-state index is 4.14. The maximum Gasteiger partial charge on any atom is 0.0945 e. The molecule has 20 heavy (non-hydrogen) atoms. The van der Waals surface area contributed by atoms with Crippen molar-refractivity contribution in [2.24, 2.45) is 5.92 Å². The van der Waals surface area contributed by atoms with E-state index in [1.54, 1.807) is 16.7 Å². The number of imidazole rings is 1. The summed E-state index contributed by atoms with van der Waals surface area (Å²) in [6.45, 7) is 1.12. The molecule has 2 heteroatoms. The van der Waals surface area contributed by atoms with Crippen LogP contribution in [0.15, 0.2) is 36.9 Å². The summed E-state index contributed by atoms with van der Waals surface area (Å²) in [4.78, 5) is 4.14. The molecule has 2 aliphatic carbocycles. The fraction of sp³-hybridized carbons (Fsp3) is 0.500. The van der Waals surface area contributed by atoms with Gasteiger partial charge < -0.3 is 4.57 Å². The molecule has 4 rings (SSSR count). The summed E-state index contributed by atoms with van der Waals surface area (Å²) in [5, 5.41) is 0. The van der Waals surface area contributed by atoms with Crippen molar-refractivity contribution in [3.05, 3.63) is 53.6 Å². The van der Waals surface area contributed by atoms with Crippen LogP contribution in [-0.4, -0.2) is 9.55 Å². The van der Waals surface area contributed by atoms with E-state index < -0.39 is 0 Å². The van der Waals surface area contributed by atoms with E-state index in [2.05, 4.69) is 33.9 Å². The van der Waals surface area contributed by atoms with Crippen molar-refractivity contribution in [2.75, 3.05) is 0 Å². The molecule has 104 valence electrons. The molecular weight excluding hydrogens is 244 g/mol. The van der Waals surface area contributed by atoms with Crippen LogP contribution in [0.5, 0.6) is 0 Å². The Labute approximate surface area is 120 Å². The number of rotatable bonds is 3. The third-order valence-electron chi connectivity index (χ3n) is 5.17. The van der Waals surface area contributed by atoms with Gasteiger partial charge in [-0.05, 0) is 67.1 Å². The topological polar surface area (TPSA) is 17.8 Å². The second kappa shape index (κ2) is 5.08. The van der Waals surface area contributed by atoms with Crippen LogP contribution >= 0.6 is 0 Å². The predicted octanol–water partition coefficient (Wildman–Crippen LogP) is 3.96. The Morgan fingerprint density at radius 3 is 3.10 bits per heavy atom. The molecule has 2 nitrogen and oxygen atoms in total. The highest BCUT2D eigenvalue weighted by Gasteiger charge is 2.30. The minimum atomic E-state index is 0.844. The second-order valence-corrected chi connectivity index (χ2v) is 6.47. The molecule has 0 fully saturated rings. The highest BCUT2D eigenvalue weighted by atomic mass is 15.0. The van der Waals surface area contributed by atoms with Crippen molar-refractivity contribution < 1.29 is 0 Å². The Morgan fingerprint density at radius 1 is 1.25 bits per heavy atom. The van der Waals surface area contributed by atoms with Crippen LogP contribution in [0, 0.1) is 5.92 Å². The molecule has 0 radical (unpaired) electrons. The summed E-state index contributed by atoms with van der Waals surface area (Å²) in [5.74, 6) is 1.69. The molecule has 2 aliphatic rings. The lowest BCUT2D eigenvalue weighted by molar-refractivity contribution is 0.338. The van der Waals surface area contributed by atoms with Gasteiger partial charge >= 0.3 is 0 Å². The minimum absolute atomic E-state index is 0.844. The Morgan fingerprint density at radius 2 is 2.20 bits per heavy atom. The van der Waals surface area contributed by atoms with Gasteiger partial charge in [0.25, 0.3) is 0 Å². The van der Waals surface area contributed by atoms with Crippen molar-refractivity contribution in [1.82, 2.24) is 9.55 Å². The second-order valence-electron chi connectivity index (χ2n) is 6.47. The highest BCUT2D eigenvalue weighted by molar-refractivity contribution is 5.41. The highest BCUT2D eigenvalue weighted by Crippen LogP contribution is 2.43. The van der Waals surface area contributed by atoms with Gasteiger partial charge in [-0.15, -0.1) is 0 Å². The summed E-state index contributed by atoms with van der Waals surface area (Å²) in [6, 6.07) is 7.01. The molecule has 0 spiro atoms. The molecule has 2 unspecified atom stereocenters. The first-order chi connectivity index (χ1) is 9.90. The molecule has 0 amide bonds. The van der Waals surface area contributed by atoms with E-state index in [4.69, 9.17) is 0 Å². The Kier molecular flexibility index (Phi) is 3.10. The predicted molar refractivity (Wildman–Crippen MR) is 80.8 cm³/mol. The van der Waals surface area contributed by atoms with Crippen LogP contribution in [0.25, 0.3) is 0 Å². The summed E-state index contributed by atoms with van der Waals surface area (Å²) in [5.41, 5.74) is 5.03. The Hall–Kier alpha value is -1.57. The first-order valence-electron chi connectivity index (χ1n) is 7.96. The molecule has 0 saturated heterocycles. The van der Waals surface area contributed by atoms with Crippen LogP contribution in [0.3, 0.4) is 0 Å². The molecule has 1 aromatic carbocycles. The third kappa shape index (κ3) is 2.17. The van der Waals surface area contributed by atoms with E-state index in [1.165, 1.54) is 38.5 Å². The minimum Gasteiger partial charge on any atom is -0.337 e. The molecule has 0 saturated carbocycles. The van der Waals surface area contributed by atoms with Gasteiger partial charge in [0.05, 0.1) is 6.33 Å². The maximum atomic E-state index is 4.14. The van der Waals surface area contributed by atoms with Gasteiger partial charge in [-0.3, -0.25) is 0 Å². The number of nitrogens with zero attached hydrogens (tertiary/aromatic N) is 2. The molecule has 2 aromatic rings. The van der Waals surface area contributed by atoms with Crippen molar-refractivity contribution in [3.63, 3.8) is 0 Å². The molecule has 2 atom stereocenters. The standard InChI is InChI=1S/C18H22N2/c1-3-15-4-2-6-17-12-14(11-16(5-1)18(15)17)7-9-20-10-8-19-13-20/h1,3,5,8,10,13-14,17H,2,4,6-7,9,11-12H2. The Bertz CT molecular complexity index is 585. The van der Waals surface area contributed by atoms with Crippen LogP contribution in [0.2, 0.25) is 0 Å². The average molecular weight is 266 g/mol. The van der Waals surface area contributed by atoms with E-state index in [1.807, 2.05) is 12.5 Å². The summed E-state index contributed by atoms with van der Waals surface area (Å²) >= 11 is 0. The average Bonchev–Trinajstić information content (AvgIpc) is 2.99. The summed E-state index contributed by atoms with van der Waals surface area (Å²) < 4.78 is 2.22. The SMILES string of the molecule is c1cc2c3c(c1)CC(CCn1ccnc1)CC3CCC2. The summed E-state index contributed by atoms with van der Waals surface area (Å²) in [7, 11) is 0. The molecule has 1 aromatic heterocycles. The van der Waals surface area contributed by atoms with E-state index in [9.17, 15) is 0 Å². The monoisotopic (exact) mass is 266 g/mol. The smallest absolute Gasteiger partial charge is 0.0945 e. The lowest BCUT2D eigenvalue weighted by Crippen LogP contribution is -2.24. The number of hydrogen-bond donors (Lipinski definition) is 0. The molecule has 0 aliphatic heterocycles. The molecule has 0 N–H and O–H groups in total. The number of aryl methyl sites for hydroxylation is 2. The fourth-order valence-corrected chi connectivity index (χ4v) is 4.27. The fourth-order valence-electron chi connectivity index (χ4n) is 4.27. The quantitative estimate of drug-likeness (QED) is 0.822. The molecule has 1 heterocycles. The zero-order chi connectivity index (χ0) is 13.4. The number of hydrogen-bond acceptors (Lipinski definition) is 1. The van der Waals surface area contributed by atoms with E-state index in [-0.39, 0.29) is 0 Å². The first kappa shape index (κ1) is 12.2. The van der Waals surface area contributed by atoms with Crippen molar-refractivity contribution in [1.29, 1.82) is 0 Å². The van der Waals surface area contributed by atoms with Gasteiger partial charge in [0.2, 0.25) is 0 Å². The van der Waals surface area contributed by atoms with Gasteiger partial charge in [-0.1, -0.05) is 18.2 Å². The van der Waals surface area contributed by atoms with Crippen molar-refractivity contribution >= 4 is 0 Å². The number of benzene rings is 1. The van der Waals surface area contributed by atoms with E-state index in [0.717, 1.165) is 18.4 Å². The van der Waals surface area contributed by atoms with Crippen molar-refractivity contribution in [2.45, 2.75) is 51.0 Å². The number of aromatic nitrogens is 2. The molecular formula is C18H22N2. The van der Waals surface area contributed by atoms with Crippen LogP contribution in [-0.2, 0) is 19.4 Å².